The molecule has 3 aromatic heterocycles. The summed E-state index contributed by atoms with van der Waals surface area (Å²) in [6.45, 7) is 2.85. The number of hydrogen-bond donors (Lipinski definition) is 3. The zero-order valence-electron chi connectivity index (χ0n) is 16.6. The summed E-state index contributed by atoms with van der Waals surface area (Å²) in [6.07, 6.45) is 3.23. The molecule has 0 aliphatic rings. The fraction of sp³-hybridized carbons (Fsp3) is 0.200. The highest BCUT2D eigenvalue weighted by Crippen LogP contribution is 2.27. The Morgan fingerprint density at radius 2 is 1.97 bits per heavy atom. The van der Waals surface area contributed by atoms with Gasteiger partial charge in [0.1, 0.15) is 23.7 Å². The molecule has 0 amide bonds. The first-order chi connectivity index (χ1) is 14.7. The molecule has 0 saturated heterocycles. The van der Waals surface area contributed by atoms with Gasteiger partial charge in [-0.15, -0.1) is 5.10 Å². The summed E-state index contributed by atoms with van der Waals surface area (Å²) in [5.74, 6) is 2.80. The molecule has 1 unspecified atom stereocenters. The maximum absolute atomic E-state index is 5.46. The van der Waals surface area contributed by atoms with E-state index in [-0.39, 0.29) is 5.92 Å². The van der Waals surface area contributed by atoms with Gasteiger partial charge < -0.3 is 15.4 Å². The molecular weight excluding hydrogens is 382 g/mol. The van der Waals surface area contributed by atoms with Crippen LogP contribution in [0.15, 0.2) is 55.0 Å². The molecule has 0 aliphatic carbocycles. The van der Waals surface area contributed by atoms with Gasteiger partial charge in [-0.25, -0.2) is 15.0 Å². The Labute approximate surface area is 173 Å². The summed E-state index contributed by atoms with van der Waals surface area (Å²) < 4.78 is 5.46. The van der Waals surface area contributed by atoms with E-state index < -0.39 is 0 Å². The highest BCUT2D eigenvalue weighted by atomic mass is 16.5. The second kappa shape index (κ2) is 8.95. The molecule has 1 atom stereocenters. The van der Waals surface area contributed by atoms with Crippen LogP contribution >= 0.6 is 0 Å². The van der Waals surface area contributed by atoms with Crippen molar-refractivity contribution < 1.29 is 4.74 Å². The van der Waals surface area contributed by atoms with Crippen LogP contribution in [0.3, 0.4) is 0 Å². The van der Waals surface area contributed by atoms with Crippen molar-refractivity contribution in [3.8, 4) is 17.0 Å². The minimum absolute atomic E-state index is 0.242. The second-order valence-corrected chi connectivity index (χ2v) is 6.60. The van der Waals surface area contributed by atoms with Crippen LogP contribution in [0.1, 0.15) is 18.4 Å². The smallest absolute Gasteiger partial charge is 0.268 e. The summed E-state index contributed by atoms with van der Waals surface area (Å²) in [5, 5.41) is 20.0. The van der Waals surface area contributed by atoms with E-state index in [1.54, 1.807) is 13.3 Å². The average Bonchev–Trinajstić information content (AvgIpc) is 3.31. The van der Waals surface area contributed by atoms with Crippen molar-refractivity contribution >= 4 is 17.6 Å². The first-order valence-electron chi connectivity index (χ1n) is 9.38. The molecule has 0 saturated carbocycles. The predicted molar refractivity (Wildman–Crippen MR) is 113 cm³/mol. The quantitative estimate of drug-likeness (QED) is 0.407. The van der Waals surface area contributed by atoms with Crippen LogP contribution in [0.25, 0.3) is 11.3 Å². The molecule has 3 heterocycles. The number of anilines is 3. The number of tetrazole rings is 1. The number of hydrogen-bond acceptors (Lipinski definition) is 9. The summed E-state index contributed by atoms with van der Waals surface area (Å²) in [4.78, 5) is 13.0. The highest BCUT2D eigenvalue weighted by Gasteiger charge is 2.11. The molecule has 4 rings (SSSR count). The van der Waals surface area contributed by atoms with Gasteiger partial charge in [-0.1, -0.05) is 30.2 Å². The van der Waals surface area contributed by atoms with Crippen molar-refractivity contribution in [3.05, 3.63) is 60.6 Å². The van der Waals surface area contributed by atoms with Crippen LogP contribution in [-0.2, 0) is 0 Å². The number of aromatic amines is 1. The number of benzene rings is 1. The van der Waals surface area contributed by atoms with Gasteiger partial charge in [0.25, 0.3) is 5.95 Å². The largest absolute Gasteiger partial charge is 0.496 e. The van der Waals surface area contributed by atoms with Gasteiger partial charge in [-0.05, 0) is 29.0 Å². The summed E-state index contributed by atoms with van der Waals surface area (Å²) in [6, 6.07) is 13.7. The van der Waals surface area contributed by atoms with Crippen molar-refractivity contribution in [2.45, 2.75) is 12.8 Å². The molecule has 3 N–H and O–H groups in total. The number of rotatable bonds is 8. The van der Waals surface area contributed by atoms with Crippen molar-refractivity contribution in [1.29, 1.82) is 0 Å². The van der Waals surface area contributed by atoms with Crippen molar-refractivity contribution in [2.75, 3.05) is 24.3 Å². The summed E-state index contributed by atoms with van der Waals surface area (Å²) >= 11 is 0. The molecule has 10 nitrogen and oxygen atoms in total. The maximum atomic E-state index is 5.46. The van der Waals surface area contributed by atoms with Crippen LogP contribution in [0.2, 0.25) is 0 Å². The number of para-hydroxylation sites is 1. The molecule has 0 fully saturated rings. The fourth-order valence-electron chi connectivity index (χ4n) is 3.04. The Hall–Kier alpha value is -4.08. The number of aromatic nitrogens is 7. The van der Waals surface area contributed by atoms with Gasteiger partial charge in [0.2, 0.25) is 0 Å². The zero-order chi connectivity index (χ0) is 20.8. The number of methoxy groups -OCH3 is 1. The molecule has 0 spiro atoms. The molecular formula is C20H21N9O. The van der Waals surface area contributed by atoms with E-state index in [4.69, 9.17) is 4.74 Å². The number of nitrogens with zero attached hydrogens (tertiary/aromatic N) is 6. The standard InChI is InChI=1S/C20H21N9O/c1-13(15-5-3-4-6-17(15)30-2)11-22-18-10-16(23-12-24-18)14-7-8-21-19(9-14)25-20-26-28-29-27-20/h3-10,12-13H,11H2,1-2H3,(H,22,23,24)(H2,21,25,26,27,28,29). The van der Waals surface area contributed by atoms with E-state index in [9.17, 15) is 0 Å². The van der Waals surface area contributed by atoms with Crippen molar-refractivity contribution in [1.82, 2.24) is 35.6 Å². The Morgan fingerprint density at radius 3 is 2.80 bits per heavy atom. The van der Waals surface area contributed by atoms with E-state index in [2.05, 4.69) is 59.2 Å². The molecule has 0 bridgehead atoms. The molecule has 0 radical (unpaired) electrons. The third-order valence-electron chi connectivity index (χ3n) is 4.57. The van der Waals surface area contributed by atoms with E-state index in [1.807, 2.05) is 36.4 Å². The second-order valence-electron chi connectivity index (χ2n) is 6.60. The zero-order valence-corrected chi connectivity index (χ0v) is 16.6. The van der Waals surface area contributed by atoms with E-state index in [1.165, 1.54) is 6.33 Å². The maximum Gasteiger partial charge on any atom is 0.268 e. The van der Waals surface area contributed by atoms with Gasteiger partial charge in [0.15, 0.2) is 0 Å². The van der Waals surface area contributed by atoms with Crippen molar-refractivity contribution in [3.63, 3.8) is 0 Å². The average molecular weight is 403 g/mol. The fourth-order valence-corrected chi connectivity index (χ4v) is 3.04. The highest BCUT2D eigenvalue weighted by molar-refractivity contribution is 5.66. The third kappa shape index (κ3) is 4.49. The first-order valence-corrected chi connectivity index (χ1v) is 9.38. The molecule has 4 aromatic rings. The van der Waals surface area contributed by atoms with E-state index in [0.717, 1.165) is 28.4 Å². The Kier molecular flexibility index (Phi) is 5.74. The van der Waals surface area contributed by atoms with E-state index in [0.29, 0.717) is 18.3 Å². The van der Waals surface area contributed by atoms with Crippen LogP contribution < -0.4 is 15.4 Å². The number of nitrogens with one attached hydrogen (secondary N) is 3. The normalized spacial score (nSPS) is 11.7. The van der Waals surface area contributed by atoms with Gasteiger partial charge in [-0.3, -0.25) is 0 Å². The number of pyridine rings is 1. The predicted octanol–water partition coefficient (Wildman–Crippen LogP) is 3.02. The SMILES string of the molecule is COc1ccccc1C(C)CNc1cc(-c2ccnc(Nc3nn[nH]n3)c2)ncn1. The lowest BCUT2D eigenvalue weighted by atomic mass is 10.00. The molecule has 30 heavy (non-hydrogen) atoms. The van der Waals surface area contributed by atoms with Crippen LogP contribution in [-0.4, -0.2) is 49.2 Å². The minimum Gasteiger partial charge on any atom is -0.496 e. The number of H-pyrrole nitrogens is 1. The topological polar surface area (TPSA) is 126 Å². The van der Waals surface area contributed by atoms with Crippen LogP contribution in [0.5, 0.6) is 5.75 Å². The summed E-state index contributed by atoms with van der Waals surface area (Å²) in [7, 11) is 1.69. The molecule has 10 heteroatoms. The van der Waals surface area contributed by atoms with Gasteiger partial charge in [-0.2, -0.15) is 5.21 Å². The lowest BCUT2D eigenvalue weighted by molar-refractivity contribution is 0.407. The van der Waals surface area contributed by atoms with Gasteiger partial charge in [0, 0.05) is 30.3 Å². The van der Waals surface area contributed by atoms with Crippen LogP contribution in [0, 0.1) is 0 Å². The minimum atomic E-state index is 0.242. The monoisotopic (exact) mass is 403 g/mol. The Morgan fingerprint density at radius 1 is 1.07 bits per heavy atom. The Bertz CT molecular complexity index is 1100. The van der Waals surface area contributed by atoms with Crippen LogP contribution in [0.4, 0.5) is 17.6 Å². The first kappa shape index (κ1) is 19.2. The van der Waals surface area contributed by atoms with Gasteiger partial charge >= 0.3 is 0 Å². The van der Waals surface area contributed by atoms with Gasteiger partial charge in [0.05, 0.1) is 12.8 Å². The Balaban J connectivity index is 1.46. The van der Waals surface area contributed by atoms with E-state index >= 15 is 0 Å². The summed E-state index contributed by atoms with van der Waals surface area (Å²) in [5.41, 5.74) is 2.81. The van der Waals surface area contributed by atoms with Crippen molar-refractivity contribution in [2.24, 2.45) is 0 Å². The molecule has 1 aromatic carbocycles. The third-order valence-corrected chi connectivity index (χ3v) is 4.57. The molecule has 0 aliphatic heterocycles. The lowest BCUT2D eigenvalue weighted by Gasteiger charge is -2.16. The number of ether oxygens (including phenoxy) is 1. The molecule has 152 valence electrons. The lowest BCUT2D eigenvalue weighted by Crippen LogP contribution is -2.12.